The number of nitrogen functional groups attached to an aromatic ring is 1. The van der Waals surface area contributed by atoms with Crippen LogP contribution >= 0.6 is 11.5 Å². The second kappa shape index (κ2) is 6.71. The van der Waals surface area contributed by atoms with E-state index in [2.05, 4.69) is 15.0 Å². The predicted octanol–water partition coefficient (Wildman–Crippen LogP) is 0.457. The van der Waals surface area contributed by atoms with Gasteiger partial charge in [0.1, 0.15) is 9.90 Å². The highest BCUT2D eigenvalue weighted by Crippen LogP contribution is 2.31. The molecule has 0 atom stereocenters. The van der Waals surface area contributed by atoms with E-state index in [0.717, 1.165) is 24.2 Å². The molecular weight excluding hydrogens is 288 g/mol. The summed E-state index contributed by atoms with van der Waals surface area (Å²) < 4.78 is 26.9. The molecule has 108 valence electrons. The average Bonchev–Trinajstić information content (AvgIpc) is 2.67. The molecule has 1 rings (SSSR count). The lowest BCUT2D eigenvalue weighted by Crippen LogP contribution is -2.25. The molecule has 9 heteroatoms. The Kier molecular flexibility index (Phi) is 5.55. The zero-order valence-corrected chi connectivity index (χ0v) is 12.5. The Hall–Kier alpha value is -1.35. The maximum Gasteiger partial charge on any atom is 0.221 e. The van der Waals surface area contributed by atoms with E-state index in [1.165, 1.54) is 0 Å². The fourth-order valence-electron chi connectivity index (χ4n) is 1.41. The molecule has 19 heavy (non-hydrogen) atoms. The van der Waals surface area contributed by atoms with Gasteiger partial charge in [-0.05, 0) is 18.0 Å². The summed E-state index contributed by atoms with van der Waals surface area (Å²) >= 11 is 0.976. The largest absolute Gasteiger partial charge is 0.382 e. The normalized spacial score (nSPS) is 11.3. The quantitative estimate of drug-likeness (QED) is 0.674. The number of sulfone groups is 1. The molecule has 0 fully saturated rings. The lowest BCUT2D eigenvalue weighted by atomic mass is 10.4. The van der Waals surface area contributed by atoms with Gasteiger partial charge in [-0.3, -0.25) is 4.79 Å². The molecule has 0 radical (unpaired) electrons. The van der Waals surface area contributed by atoms with Crippen LogP contribution in [0.15, 0.2) is 4.90 Å². The van der Waals surface area contributed by atoms with Gasteiger partial charge in [-0.25, -0.2) is 8.42 Å². The molecule has 1 aromatic rings. The van der Waals surface area contributed by atoms with E-state index in [4.69, 9.17) is 5.73 Å². The van der Waals surface area contributed by atoms with Gasteiger partial charge in [0.15, 0.2) is 15.7 Å². The minimum absolute atomic E-state index is 0.00599. The van der Waals surface area contributed by atoms with Crippen LogP contribution < -0.4 is 16.4 Å². The first kappa shape index (κ1) is 15.7. The summed E-state index contributed by atoms with van der Waals surface area (Å²) in [5.41, 5.74) is 5.53. The molecule has 1 amide bonds. The monoisotopic (exact) mass is 306 g/mol. The van der Waals surface area contributed by atoms with E-state index in [-0.39, 0.29) is 23.0 Å². The lowest BCUT2D eigenvalue weighted by molar-refractivity contribution is -0.120. The number of carbonyl (C=O) groups is 1. The maximum absolute atomic E-state index is 11.5. The highest BCUT2D eigenvalue weighted by atomic mass is 32.2. The third-order valence-electron chi connectivity index (χ3n) is 2.25. The highest BCUT2D eigenvalue weighted by Gasteiger charge is 2.21. The standard InChI is InChI=1S/C10H18N4O3S2/c1-3-5-12-7(15)4-6-13-10-8(19(2,16)17)9(11)14-18-10/h13H,3-6H2,1-2H3,(H2,11,14)(H,12,15). The number of nitrogens with zero attached hydrogens (tertiary/aromatic N) is 1. The van der Waals surface area contributed by atoms with Crippen molar-refractivity contribution in [2.45, 2.75) is 24.7 Å². The number of nitrogens with one attached hydrogen (secondary N) is 2. The Morgan fingerprint density at radius 2 is 2.11 bits per heavy atom. The summed E-state index contributed by atoms with van der Waals surface area (Å²) in [6, 6.07) is 0. The Balaban J connectivity index is 2.58. The van der Waals surface area contributed by atoms with Gasteiger partial charge in [-0.2, -0.15) is 4.37 Å². The van der Waals surface area contributed by atoms with Crippen molar-refractivity contribution in [3.63, 3.8) is 0 Å². The van der Waals surface area contributed by atoms with Gasteiger partial charge >= 0.3 is 0 Å². The molecule has 0 unspecified atom stereocenters. The van der Waals surface area contributed by atoms with Crippen LogP contribution in [0.5, 0.6) is 0 Å². The first-order chi connectivity index (χ1) is 8.86. The average molecular weight is 306 g/mol. The summed E-state index contributed by atoms with van der Waals surface area (Å²) in [5.74, 6) is -0.0850. The molecule has 7 nitrogen and oxygen atoms in total. The van der Waals surface area contributed by atoms with E-state index >= 15 is 0 Å². The van der Waals surface area contributed by atoms with Crippen LogP contribution in [0.1, 0.15) is 19.8 Å². The third kappa shape index (κ3) is 4.67. The van der Waals surface area contributed by atoms with Gasteiger partial charge in [-0.1, -0.05) is 6.92 Å². The van der Waals surface area contributed by atoms with Crippen LogP contribution in [0.2, 0.25) is 0 Å². The smallest absolute Gasteiger partial charge is 0.221 e. The van der Waals surface area contributed by atoms with Gasteiger partial charge in [0, 0.05) is 25.8 Å². The number of hydrogen-bond donors (Lipinski definition) is 3. The SMILES string of the molecule is CCCNC(=O)CCNc1snc(N)c1S(C)(=O)=O. The number of aromatic nitrogens is 1. The Morgan fingerprint density at radius 1 is 1.42 bits per heavy atom. The third-order valence-corrected chi connectivity index (χ3v) is 4.36. The molecule has 0 saturated heterocycles. The minimum Gasteiger partial charge on any atom is -0.382 e. The summed E-state index contributed by atoms with van der Waals surface area (Å²) in [6.45, 7) is 2.94. The molecular formula is C10H18N4O3S2. The molecule has 0 spiro atoms. The molecule has 0 aliphatic rings. The topological polar surface area (TPSA) is 114 Å². The van der Waals surface area contributed by atoms with Gasteiger partial charge < -0.3 is 16.4 Å². The Labute approximate surface area is 116 Å². The molecule has 0 aliphatic heterocycles. The number of rotatable bonds is 7. The van der Waals surface area contributed by atoms with Crippen LogP contribution in [0.4, 0.5) is 10.8 Å². The van der Waals surface area contributed by atoms with E-state index in [0.29, 0.717) is 18.1 Å². The Morgan fingerprint density at radius 3 is 2.68 bits per heavy atom. The van der Waals surface area contributed by atoms with Crippen molar-refractivity contribution in [3.8, 4) is 0 Å². The van der Waals surface area contributed by atoms with Crippen molar-refractivity contribution in [2.75, 3.05) is 30.4 Å². The van der Waals surface area contributed by atoms with Crippen LogP contribution in [0.25, 0.3) is 0 Å². The second-order valence-electron chi connectivity index (χ2n) is 4.02. The van der Waals surface area contributed by atoms with Crippen molar-refractivity contribution in [1.82, 2.24) is 9.69 Å². The van der Waals surface area contributed by atoms with Crippen molar-refractivity contribution in [3.05, 3.63) is 0 Å². The lowest BCUT2D eigenvalue weighted by Gasteiger charge is -2.06. The summed E-state index contributed by atoms with van der Waals surface area (Å²) in [6.07, 6.45) is 2.22. The zero-order valence-electron chi connectivity index (χ0n) is 10.9. The zero-order chi connectivity index (χ0) is 14.5. The molecule has 0 bridgehead atoms. The molecule has 0 aromatic carbocycles. The van der Waals surface area contributed by atoms with Crippen LogP contribution in [-0.4, -0.2) is 38.0 Å². The van der Waals surface area contributed by atoms with Crippen molar-refractivity contribution < 1.29 is 13.2 Å². The van der Waals surface area contributed by atoms with Gasteiger partial charge in [0.05, 0.1) is 0 Å². The van der Waals surface area contributed by atoms with E-state index in [1.54, 1.807) is 0 Å². The number of nitrogens with two attached hydrogens (primary N) is 1. The minimum atomic E-state index is -3.43. The molecule has 0 saturated carbocycles. The van der Waals surface area contributed by atoms with Gasteiger partial charge in [-0.15, -0.1) is 0 Å². The van der Waals surface area contributed by atoms with E-state index in [9.17, 15) is 13.2 Å². The van der Waals surface area contributed by atoms with Crippen LogP contribution in [-0.2, 0) is 14.6 Å². The maximum atomic E-state index is 11.5. The predicted molar refractivity (Wildman–Crippen MR) is 76.0 cm³/mol. The molecule has 1 aromatic heterocycles. The number of carbonyl (C=O) groups excluding carboxylic acids is 1. The summed E-state index contributed by atoms with van der Waals surface area (Å²) in [7, 11) is -3.43. The fraction of sp³-hybridized carbons (Fsp3) is 0.600. The number of anilines is 2. The first-order valence-electron chi connectivity index (χ1n) is 5.82. The van der Waals surface area contributed by atoms with Crippen molar-refractivity contribution in [1.29, 1.82) is 0 Å². The van der Waals surface area contributed by atoms with E-state index in [1.807, 2.05) is 6.92 Å². The van der Waals surface area contributed by atoms with Crippen LogP contribution in [0.3, 0.4) is 0 Å². The van der Waals surface area contributed by atoms with Crippen molar-refractivity contribution >= 4 is 38.1 Å². The highest BCUT2D eigenvalue weighted by molar-refractivity contribution is 7.91. The summed E-state index contributed by atoms with van der Waals surface area (Å²) in [5, 5.41) is 6.00. The molecule has 0 aliphatic carbocycles. The molecule has 1 heterocycles. The second-order valence-corrected chi connectivity index (χ2v) is 6.75. The van der Waals surface area contributed by atoms with E-state index < -0.39 is 9.84 Å². The van der Waals surface area contributed by atoms with Crippen LogP contribution in [0, 0.1) is 0 Å². The van der Waals surface area contributed by atoms with Gasteiger partial charge in [0.25, 0.3) is 0 Å². The number of amides is 1. The molecule has 4 N–H and O–H groups in total. The van der Waals surface area contributed by atoms with Crippen molar-refractivity contribution in [2.24, 2.45) is 0 Å². The fourth-order valence-corrected chi connectivity index (χ4v) is 3.50. The summed E-state index contributed by atoms with van der Waals surface area (Å²) in [4.78, 5) is 11.4. The first-order valence-corrected chi connectivity index (χ1v) is 8.48. The Bertz CT molecular complexity index is 539. The number of hydrogen-bond acceptors (Lipinski definition) is 7. The van der Waals surface area contributed by atoms with Gasteiger partial charge in [0.2, 0.25) is 5.91 Å².